The van der Waals surface area contributed by atoms with Crippen LogP contribution in [0.5, 0.6) is 5.75 Å². The highest BCUT2D eigenvalue weighted by Crippen LogP contribution is 2.14. The van der Waals surface area contributed by atoms with Gasteiger partial charge < -0.3 is 10.1 Å². The number of alkyl halides is 1. The Morgan fingerprint density at radius 2 is 1.84 bits per heavy atom. The molecule has 0 bridgehead atoms. The summed E-state index contributed by atoms with van der Waals surface area (Å²) in [6.07, 6.45) is 0.981. The van der Waals surface area contributed by atoms with Gasteiger partial charge in [-0.2, -0.15) is 0 Å². The van der Waals surface area contributed by atoms with Gasteiger partial charge in [-0.25, -0.2) is 0 Å². The molecule has 0 aliphatic heterocycles. The third kappa shape index (κ3) is 4.18. The predicted octanol–water partition coefficient (Wildman–Crippen LogP) is 4.09. The Balaban J connectivity index is 1.85. The molecular weight excluding hydrogens is 258 g/mol. The fourth-order valence-corrected chi connectivity index (χ4v) is 2.07. The Bertz CT molecular complexity index is 510. The molecule has 0 aliphatic rings. The lowest BCUT2D eigenvalue weighted by molar-refractivity contribution is 0.414. The molecule has 0 spiro atoms. The smallest absolute Gasteiger partial charge is 0.118 e. The number of anilines is 1. The third-order valence-electron chi connectivity index (χ3n) is 2.98. The second-order valence-corrected chi connectivity index (χ2v) is 4.63. The van der Waals surface area contributed by atoms with E-state index in [1.807, 2.05) is 24.3 Å². The molecule has 0 unspecified atom stereocenters. The average Bonchev–Trinajstić information content (AvgIpc) is 2.48. The molecule has 3 heteroatoms. The molecule has 19 heavy (non-hydrogen) atoms. The monoisotopic (exact) mass is 275 g/mol. The lowest BCUT2D eigenvalue weighted by Gasteiger charge is -2.08. The van der Waals surface area contributed by atoms with Crippen LogP contribution >= 0.6 is 11.6 Å². The van der Waals surface area contributed by atoms with Crippen LogP contribution in [0.25, 0.3) is 0 Å². The van der Waals surface area contributed by atoms with Crippen LogP contribution in [-0.4, -0.2) is 13.7 Å². The molecule has 1 N–H and O–H groups in total. The summed E-state index contributed by atoms with van der Waals surface area (Å²) in [6.45, 7) is 0.901. The Hall–Kier alpha value is -1.67. The molecule has 100 valence electrons. The minimum absolute atomic E-state index is 0.550. The Kier molecular flexibility index (Phi) is 5.10. The lowest BCUT2D eigenvalue weighted by Crippen LogP contribution is -2.04. The van der Waals surface area contributed by atoms with Gasteiger partial charge in [0, 0.05) is 18.1 Å². The summed E-state index contributed by atoms with van der Waals surface area (Å²) >= 11 is 5.82. The summed E-state index contributed by atoms with van der Waals surface area (Å²) in [4.78, 5) is 0. The summed E-state index contributed by atoms with van der Waals surface area (Å²) in [5, 5.41) is 3.41. The van der Waals surface area contributed by atoms with Gasteiger partial charge in [-0.3, -0.25) is 0 Å². The van der Waals surface area contributed by atoms with Gasteiger partial charge >= 0.3 is 0 Å². The van der Waals surface area contributed by atoms with E-state index in [4.69, 9.17) is 16.3 Å². The fraction of sp³-hybridized carbons (Fsp3) is 0.250. The topological polar surface area (TPSA) is 21.3 Å². The number of halogens is 1. The molecular formula is C16H18ClNO. The molecule has 0 atom stereocenters. The summed E-state index contributed by atoms with van der Waals surface area (Å²) < 4.78 is 5.14. The van der Waals surface area contributed by atoms with Crippen LogP contribution in [0.2, 0.25) is 0 Å². The molecule has 0 radical (unpaired) electrons. The van der Waals surface area contributed by atoms with Crippen molar-refractivity contribution in [2.75, 3.05) is 19.0 Å². The first kappa shape index (κ1) is 13.8. The van der Waals surface area contributed by atoms with Crippen molar-refractivity contribution in [1.82, 2.24) is 0 Å². The van der Waals surface area contributed by atoms with Crippen molar-refractivity contribution in [3.05, 3.63) is 59.7 Å². The molecule has 2 nitrogen and oxygen atoms in total. The molecule has 2 aromatic rings. The van der Waals surface area contributed by atoms with Crippen LogP contribution < -0.4 is 10.1 Å². The maximum Gasteiger partial charge on any atom is 0.118 e. The van der Waals surface area contributed by atoms with E-state index in [0.717, 1.165) is 30.0 Å². The molecule has 2 rings (SSSR count). The van der Waals surface area contributed by atoms with Crippen molar-refractivity contribution < 1.29 is 4.74 Å². The second kappa shape index (κ2) is 7.05. The first-order valence-electron chi connectivity index (χ1n) is 6.33. The van der Waals surface area contributed by atoms with Crippen molar-refractivity contribution in [2.24, 2.45) is 0 Å². The number of hydrogen-bond acceptors (Lipinski definition) is 2. The highest BCUT2D eigenvalue weighted by molar-refractivity contribution is 6.17. The van der Waals surface area contributed by atoms with Gasteiger partial charge in [0.1, 0.15) is 5.75 Å². The fourth-order valence-electron chi connectivity index (χ4n) is 1.91. The maximum atomic E-state index is 5.82. The van der Waals surface area contributed by atoms with E-state index in [1.165, 1.54) is 5.56 Å². The van der Waals surface area contributed by atoms with Crippen LogP contribution in [0.4, 0.5) is 5.69 Å². The lowest BCUT2D eigenvalue weighted by atomic mass is 10.1. The van der Waals surface area contributed by atoms with E-state index in [9.17, 15) is 0 Å². The minimum Gasteiger partial charge on any atom is -0.497 e. The molecule has 0 amide bonds. The minimum atomic E-state index is 0.550. The standard InChI is InChI=1S/C16H18ClNO/c1-19-16-7-5-13(6-8-16)9-10-18-15-4-2-3-14(11-15)12-17/h2-8,11,18H,9-10,12H2,1H3. The number of hydrogen-bond donors (Lipinski definition) is 1. The van der Waals surface area contributed by atoms with Gasteiger partial charge in [-0.05, 0) is 41.8 Å². The molecule has 2 aromatic carbocycles. The van der Waals surface area contributed by atoms with Crippen LogP contribution in [0.15, 0.2) is 48.5 Å². The summed E-state index contributed by atoms with van der Waals surface area (Å²) in [6, 6.07) is 16.4. The van der Waals surface area contributed by atoms with Crippen molar-refractivity contribution in [3.8, 4) is 5.75 Å². The normalized spacial score (nSPS) is 10.2. The molecule has 0 saturated heterocycles. The zero-order chi connectivity index (χ0) is 13.5. The number of ether oxygens (including phenoxy) is 1. The predicted molar refractivity (Wildman–Crippen MR) is 81.2 cm³/mol. The van der Waals surface area contributed by atoms with Gasteiger partial charge in [-0.15, -0.1) is 11.6 Å². The summed E-state index contributed by atoms with van der Waals surface area (Å²) in [5.41, 5.74) is 3.55. The van der Waals surface area contributed by atoms with Gasteiger partial charge in [0.2, 0.25) is 0 Å². The largest absolute Gasteiger partial charge is 0.497 e. The van der Waals surface area contributed by atoms with E-state index < -0.39 is 0 Å². The van der Waals surface area contributed by atoms with E-state index in [1.54, 1.807) is 7.11 Å². The number of methoxy groups -OCH3 is 1. The van der Waals surface area contributed by atoms with E-state index in [-0.39, 0.29) is 0 Å². The van der Waals surface area contributed by atoms with Crippen LogP contribution in [0.3, 0.4) is 0 Å². The van der Waals surface area contributed by atoms with E-state index in [2.05, 4.69) is 29.6 Å². The van der Waals surface area contributed by atoms with Crippen molar-refractivity contribution in [2.45, 2.75) is 12.3 Å². The molecule has 0 saturated carbocycles. The van der Waals surface area contributed by atoms with Crippen molar-refractivity contribution in [3.63, 3.8) is 0 Å². The molecule has 0 aliphatic carbocycles. The average molecular weight is 276 g/mol. The Morgan fingerprint density at radius 3 is 2.53 bits per heavy atom. The summed E-state index contributed by atoms with van der Waals surface area (Å²) in [5.74, 6) is 1.44. The van der Waals surface area contributed by atoms with Gasteiger partial charge in [0.05, 0.1) is 7.11 Å². The number of nitrogens with one attached hydrogen (secondary N) is 1. The molecule has 0 aromatic heterocycles. The maximum absolute atomic E-state index is 5.82. The number of benzene rings is 2. The molecule has 0 fully saturated rings. The van der Waals surface area contributed by atoms with E-state index >= 15 is 0 Å². The second-order valence-electron chi connectivity index (χ2n) is 4.36. The van der Waals surface area contributed by atoms with Gasteiger partial charge in [0.25, 0.3) is 0 Å². The molecule has 0 heterocycles. The summed E-state index contributed by atoms with van der Waals surface area (Å²) in [7, 11) is 1.68. The Labute approximate surface area is 119 Å². The zero-order valence-corrected chi connectivity index (χ0v) is 11.8. The van der Waals surface area contributed by atoms with Crippen LogP contribution in [0.1, 0.15) is 11.1 Å². The number of rotatable bonds is 6. The quantitative estimate of drug-likeness (QED) is 0.802. The van der Waals surface area contributed by atoms with Gasteiger partial charge in [-0.1, -0.05) is 24.3 Å². The highest BCUT2D eigenvalue weighted by atomic mass is 35.5. The SMILES string of the molecule is COc1ccc(CCNc2cccc(CCl)c2)cc1. The third-order valence-corrected chi connectivity index (χ3v) is 3.29. The highest BCUT2D eigenvalue weighted by Gasteiger charge is 1.97. The van der Waals surface area contributed by atoms with Crippen molar-refractivity contribution in [1.29, 1.82) is 0 Å². The van der Waals surface area contributed by atoms with Crippen LogP contribution in [-0.2, 0) is 12.3 Å². The first-order chi connectivity index (χ1) is 9.31. The zero-order valence-electron chi connectivity index (χ0n) is 11.0. The van der Waals surface area contributed by atoms with Crippen LogP contribution in [0, 0.1) is 0 Å². The van der Waals surface area contributed by atoms with E-state index in [0.29, 0.717) is 5.88 Å². The first-order valence-corrected chi connectivity index (χ1v) is 6.87. The van der Waals surface area contributed by atoms with Gasteiger partial charge in [0.15, 0.2) is 0 Å². The Morgan fingerprint density at radius 1 is 1.05 bits per heavy atom. The van der Waals surface area contributed by atoms with Crippen molar-refractivity contribution >= 4 is 17.3 Å².